The summed E-state index contributed by atoms with van der Waals surface area (Å²) in [5, 5.41) is 10.1. The van der Waals surface area contributed by atoms with E-state index in [0.29, 0.717) is 0 Å². The van der Waals surface area contributed by atoms with Gasteiger partial charge in [-0.05, 0) is 43.9 Å². The maximum absolute atomic E-state index is 10.1. The number of hydrogen-bond donors (Lipinski definition) is 1. The molecule has 0 unspecified atom stereocenters. The fourth-order valence-electron chi connectivity index (χ4n) is 2.32. The molecule has 0 amide bonds. The van der Waals surface area contributed by atoms with E-state index >= 15 is 0 Å². The van der Waals surface area contributed by atoms with Gasteiger partial charge >= 0.3 is 0 Å². The molecule has 0 heterocycles. The monoisotopic (exact) mass is 182 g/mol. The van der Waals surface area contributed by atoms with Gasteiger partial charge in [0.05, 0.1) is 5.60 Å². The summed E-state index contributed by atoms with van der Waals surface area (Å²) >= 11 is 0. The van der Waals surface area contributed by atoms with E-state index in [1.807, 2.05) is 6.08 Å². The van der Waals surface area contributed by atoms with Gasteiger partial charge in [-0.3, -0.25) is 0 Å². The van der Waals surface area contributed by atoms with Crippen molar-refractivity contribution in [2.75, 3.05) is 0 Å². The lowest BCUT2D eigenvalue weighted by atomic mass is 9.73. The molecule has 76 valence electrons. The van der Waals surface area contributed by atoms with Crippen molar-refractivity contribution in [3.05, 3.63) is 12.7 Å². The molecule has 0 spiro atoms. The first kappa shape index (κ1) is 10.8. The summed E-state index contributed by atoms with van der Waals surface area (Å²) in [5.74, 6) is 1.60. The Morgan fingerprint density at radius 3 is 2.38 bits per heavy atom. The molecule has 1 rings (SSSR count). The average molecular weight is 182 g/mol. The van der Waals surface area contributed by atoms with E-state index < -0.39 is 5.60 Å². The number of aliphatic hydroxyl groups is 1. The van der Waals surface area contributed by atoms with Crippen molar-refractivity contribution in [3.8, 4) is 0 Å². The summed E-state index contributed by atoms with van der Waals surface area (Å²) in [6.45, 7) is 8.25. The zero-order valence-corrected chi connectivity index (χ0v) is 8.92. The molecule has 0 saturated heterocycles. The van der Waals surface area contributed by atoms with E-state index in [1.165, 1.54) is 12.8 Å². The van der Waals surface area contributed by atoms with Crippen molar-refractivity contribution >= 4 is 0 Å². The summed E-state index contributed by atoms with van der Waals surface area (Å²) in [7, 11) is 0. The van der Waals surface area contributed by atoms with E-state index in [1.54, 1.807) is 0 Å². The molecule has 1 aliphatic carbocycles. The van der Waals surface area contributed by atoms with E-state index in [0.717, 1.165) is 31.1 Å². The highest BCUT2D eigenvalue weighted by atomic mass is 16.3. The van der Waals surface area contributed by atoms with E-state index in [9.17, 15) is 5.11 Å². The van der Waals surface area contributed by atoms with Crippen LogP contribution < -0.4 is 0 Å². The van der Waals surface area contributed by atoms with Crippen LogP contribution >= 0.6 is 0 Å². The zero-order valence-electron chi connectivity index (χ0n) is 8.92. The largest absolute Gasteiger partial charge is 0.390 e. The Kier molecular flexibility index (Phi) is 3.55. The van der Waals surface area contributed by atoms with Crippen molar-refractivity contribution in [2.24, 2.45) is 11.8 Å². The van der Waals surface area contributed by atoms with Gasteiger partial charge in [0, 0.05) is 0 Å². The third kappa shape index (κ3) is 2.84. The number of hydrogen-bond acceptors (Lipinski definition) is 1. The number of rotatable bonds is 3. The van der Waals surface area contributed by atoms with E-state index in [2.05, 4.69) is 20.4 Å². The van der Waals surface area contributed by atoms with Crippen molar-refractivity contribution < 1.29 is 5.11 Å². The van der Waals surface area contributed by atoms with Crippen molar-refractivity contribution in [1.82, 2.24) is 0 Å². The summed E-state index contributed by atoms with van der Waals surface area (Å²) < 4.78 is 0. The van der Waals surface area contributed by atoms with Gasteiger partial charge in [0.2, 0.25) is 0 Å². The van der Waals surface area contributed by atoms with Crippen LogP contribution in [0.3, 0.4) is 0 Å². The molecule has 1 nitrogen and oxygen atoms in total. The third-order valence-electron chi connectivity index (χ3n) is 3.43. The highest BCUT2D eigenvalue weighted by Gasteiger charge is 2.32. The Labute approximate surface area is 81.9 Å². The van der Waals surface area contributed by atoms with Gasteiger partial charge in [0.15, 0.2) is 0 Å². The second-order valence-electron chi connectivity index (χ2n) is 4.80. The molecule has 0 radical (unpaired) electrons. The minimum absolute atomic E-state index is 0.423. The highest BCUT2D eigenvalue weighted by Crippen LogP contribution is 2.37. The molecule has 0 aromatic heterocycles. The fourth-order valence-corrected chi connectivity index (χ4v) is 2.32. The molecule has 1 N–H and O–H groups in total. The van der Waals surface area contributed by atoms with Crippen LogP contribution in [0.25, 0.3) is 0 Å². The molecule has 13 heavy (non-hydrogen) atoms. The Bertz CT molecular complexity index is 164. The summed E-state index contributed by atoms with van der Waals surface area (Å²) in [4.78, 5) is 0. The topological polar surface area (TPSA) is 20.2 Å². The summed E-state index contributed by atoms with van der Waals surface area (Å²) in [6.07, 6.45) is 6.89. The first-order valence-corrected chi connectivity index (χ1v) is 5.41. The molecular formula is C12H22O. The Hall–Kier alpha value is -0.300. The first-order chi connectivity index (χ1) is 6.07. The van der Waals surface area contributed by atoms with Gasteiger partial charge in [-0.15, -0.1) is 6.58 Å². The van der Waals surface area contributed by atoms with Crippen LogP contribution in [-0.4, -0.2) is 10.7 Å². The molecule has 1 aliphatic rings. The van der Waals surface area contributed by atoms with Crippen LogP contribution in [0.5, 0.6) is 0 Å². The van der Waals surface area contributed by atoms with Crippen LogP contribution in [0, 0.1) is 11.8 Å². The normalized spacial score (nSPS) is 34.9. The fraction of sp³-hybridized carbons (Fsp3) is 0.833. The Balaban J connectivity index is 2.41. The van der Waals surface area contributed by atoms with Gasteiger partial charge in [0.25, 0.3) is 0 Å². The van der Waals surface area contributed by atoms with E-state index in [-0.39, 0.29) is 0 Å². The van der Waals surface area contributed by atoms with Gasteiger partial charge in [-0.1, -0.05) is 19.9 Å². The average Bonchev–Trinajstić information content (AvgIpc) is 2.05. The maximum Gasteiger partial charge on any atom is 0.0682 e. The van der Waals surface area contributed by atoms with Crippen LogP contribution in [0.1, 0.15) is 46.0 Å². The Morgan fingerprint density at radius 2 is 2.00 bits per heavy atom. The standard InChI is InChI=1S/C12H22O/c1-4-7-12(13)8-5-11(6-9-12)10(2)3/h4,10-11,13H,1,5-9H2,2-3H3. The smallest absolute Gasteiger partial charge is 0.0682 e. The molecule has 0 aliphatic heterocycles. The van der Waals surface area contributed by atoms with Crippen molar-refractivity contribution in [3.63, 3.8) is 0 Å². The second kappa shape index (κ2) is 4.28. The maximum atomic E-state index is 10.1. The van der Waals surface area contributed by atoms with Crippen LogP contribution in [0.2, 0.25) is 0 Å². The lowest BCUT2D eigenvalue weighted by Crippen LogP contribution is -2.34. The third-order valence-corrected chi connectivity index (χ3v) is 3.43. The molecule has 1 heteroatoms. The Morgan fingerprint density at radius 1 is 1.46 bits per heavy atom. The highest BCUT2D eigenvalue weighted by molar-refractivity contribution is 4.91. The van der Waals surface area contributed by atoms with E-state index in [4.69, 9.17) is 0 Å². The van der Waals surface area contributed by atoms with Crippen LogP contribution in [-0.2, 0) is 0 Å². The lowest BCUT2D eigenvalue weighted by molar-refractivity contribution is -0.0123. The van der Waals surface area contributed by atoms with Crippen molar-refractivity contribution in [1.29, 1.82) is 0 Å². The summed E-state index contributed by atoms with van der Waals surface area (Å²) in [6, 6.07) is 0. The van der Waals surface area contributed by atoms with Gasteiger partial charge in [0.1, 0.15) is 0 Å². The molecular weight excluding hydrogens is 160 g/mol. The van der Waals surface area contributed by atoms with Gasteiger partial charge in [-0.2, -0.15) is 0 Å². The molecule has 0 bridgehead atoms. The summed E-state index contributed by atoms with van der Waals surface area (Å²) in [5.41, 5.74) is -0.423. The van der Waals surface area contributed by atoms with Crippen LogP contribution in [0.15, 0.2) is 12.7 Å². The minimum Gasteiger partial charge on any atom is -0.390 e. The lowest BCUT2D eigenvalue weighted by Gasteiger charge is -2.37. The predicted molar refractivity (Wildman–Crippen MR) is 56.6 cm³/mol. The molecule has 0 aromatic carbocycles. The van der Waals surface area contributed by atoms with Gasteiger partial charge < -0.3 is 5.11 Å². The van der Waals surface area contributed by atoms with Crippen LogP contribution in [0.4, 0.5) is 0 Å². The van der Waals surface area contributed by atoms with Gasteiger partial charge in [-0.25, -0.2) is 0 Å². The second-order valence-corrected chi connectivity index (χ2v) is 4.80. The molecule has 0 aromatic rings. The minimum atomic E-state index is -0.423. The quantitative estimate of drug-likeness (QED) is 0.665. The molecule has 0 atom stereocenters. The van der Waals surface area contributed by atoms with Crippen molar-refractivity contribution in [2.45, 2.75) is 51.6 Å². The predicted octanol–water partition coefficient (Wildman–Crippen LogP) is 3.14. The molecule has 1 fully saturated rings. The molecule has 1 saturated carbocycles. The first-order valence-electron chi connectivity index (χ1n) is 5.41. The SMILES string of the molecule is C=CCC1(O)CCC(C(C)C)CC1. The zero-order chi connectivity index (χ0) is 9.90.